The van der Waals surface area contributed by atoms with E-state index in [0.717, 1.165) is 56.9 Å². The number of benzene rings is 1. The highest BCUT2D eigenvalue weighted by Gasteiger charge is 2.39. The molecule has 0 saturated carbocycles. The van der Waals surface area contributed by atoms with Crippen LogP contribution in [0, 0.1) is 5.92 Å². The molecule has 0 radical (unpaired) electrons. The van der Waals surface area contributed by atoms with Crippen molar-refractivity contribution in [1.29, 1.82) is 0 Å². The Morgan fingerprint density at radius 1 is 1.21 bits per heavy atom. The quantitative estimate of drug-likeness (QED) is 0.510. The standard InChI is InChI=1S/C26H42N4O3/c1-3-5-14-26(15-6-4-2)18-23(31)30(24(27)28-26)17-13-21-12-16-29(19-21)25(32)33-20-22-10-8-7-9-11-22/h7-11,21,23,31H,3-6,12-20H2,1-2H3,(H2,27,28). The summed E-state index contributed by atoms with van der Waals surface area (Å²) in [4.78, 5) is 21.0. The monoisotopic (exact) mass is 458 g/mol. The van der Waals surface area contributed by atoms with Crippen LogP contribution < -0.4 is 5.73 Å². The molecular formula is C26H42N4O3. The highest BCUT2D eigenvalue weighted by atomic mass is 16.6. The largest absolute Gasteiger partial charge is 0.445 e. The van der Waals surface area contributed by atoms with Gasteiger partial charge in [-0.2, -0.15) is 0 Å². The number of unbranched alkanes of at least 4 members (excludes halogenated alkanes) is 2. The molecule has 0 spiro atoms. The van der Waals surface area contributed by atoms with E-state index in [2.05, 4.69) is 13.8 Å². The van der Waals surface area contributed by atoms with Crippen LogP contribution in [0.1, 0.15) is 77.2 Å². The first-order valence-corrected chi connectivity index (χ1v) is 12.7. The summed E-state index contributed by atoms with van der Waals surface area (Å²) >= 11 is 0. The summed E-state index contributed by atoms with van der Waals surface area (Å²) in [7, 11) is 0. The minimum absolute atomic E-state index is 0.224. The number of rotatable bonds is 11. The molecule has 1 fully saturated rings. The SMILES string of the molecule is CCCCC1(CCCC)CC(O)N(CCC2CCN(C(=O)OCc3ccccc3)C2)C(N)=N1. The fraction of sp³-hybridized carbons (Fsp3) is 0.692. The summed E-state index contributed by atoms with van der Waals surface area (Å²) < 4.78 is 5.47. The van der Waals surface area contributed by atoms with E-state index in [4.69, 9.17) is 15.5 Å². The molecule has 33 heavy (non-hydrogen) atoms. The molecule has 2 unspecified atom stereocenters. The lowest BCUT2D eigenvalue weighted by molar-refractivity contribution is 0.00625. The van der Waals surface area contributed by atoms with Crippen molar-refractivity contribution >= 4 is 12.1 Å². The Labute approximate surface area is 199 Å². The molecule has 1 aromatic carbocycles. The van der Waals surface area contributed by atoms with Crippen LogP contribution in [-0.2, 0) is 11.3 Å². The third-order valence-electron chi connectivity index (χ3n) is 7.09. The predicted octanol–water partition coefficient (Wildman–Crippen LogP) is 4.49. The van der Waals surface area contributed by atoms with Crippen LogP contribution in [0.3, 0.4) is 0 Å². The van der Waals surface area contributed by atoms with Crippen molar-refractivity contribution in [3.63, 3.8) is 0 Å². The van der Waals surface area contributed by atoms with Crippen molar-refractivity contribution in [2.24, 2.45) is 16.6 Å². The average Bonchev–Trinajstić information content (AvgIpc) is 3.29. The van der Waals surface area contributed by atoms with Crippen LogP contribution in [0.2, 0.25) is 0 Å². The van der Waals surface area contributed by atoms with E-state index >= 15 is 0 Å². The molecule has 2 aliphatic rings. The van der Waals surface area contributed by atoms with Gasteiger partial charge in [0.2, 0.25) is 0 Å². The lowest BCUT2D eigenvalue weighted by Crippen LogP contribution is -2.54. The molecule has 0 aromatic heterocycles. The summed E-state index contributed by atoms with van der Waals surface area (Å²) in [6.07, 6.45) is 8.03. The number of likely N-dealkylation sites (tertiary alicyclic amines) is 1. The van der Waals surface area contributed by atoms with Crippen LogP contribution in [-0.4, -0.2) is 58.4 Å². The molecule has 3 N–H and O–H groups in total. The zero-order valence-corrected chi connectivity index (χ0v) is 20.4. The van der Waals surface area contributed by atoms with Crippen LogP contribution in [0.5, 0.6) is 0 Å². The van der Waals surface area contributed by atoms with Crippen molar-refractivity contribution in [3.8, 4) is 0 Å². The first-order chi connectivity index (χ1) is 16.0. The van der Waals surface area contributed by atoms with Gasteiger partial charge < -0.3 is 25.4 Å². The van der Waals surface area contributed by atoms with E-state index in [1.807, 2.05) is 35.2 Å². The summed E-state index contributed by atoms with van der Waals surface area (Å²) in [5.74, 6) is 0.847. The molecule has 1 saturated heterocycles. The summed E-state index contributed by atoms with van der Waals surface area (Å²) in [6, 6.07) is 9.74. The number of carbonyl (C=O) groups excluding carboxylic acids is 1. The van der Waals surface area contributed by atoms with Crippen molar-refractivity contribution in [3.05, 3.63) is 35.9 Å². The maximum atomic E-state index is 12.4. The Morgan fingerprint density at radius 3 is 2.55 bits per heavy atom. The van der Waals surface area contributed by atoms with Gasteiger partial charge in [-0.3, -0.25) is 0 Å². The number of aliphatic hydroxyl groups is 1. The molecule has 184 valence electrons. The highest BCUT2D eigenvalue weighted by Crippen LogP contribution is 2.35. The number of nitrogens with zero attached hydrogens (tertiary/aromatic N) is 3. The van der Waals surface area contributed by atoms with Gasteiger partial charge in [-0.05, 0) is 37.2 Å². The van der Waals surface area contributed by atoms with Gasteiger partial charge in [0.05, 0.1) is 5.54 Å². The molecule has 2 aliphatic heterocycles. The number of nitrogens with two attached hydrogens (primary N) is 1. The number of ether oxygens (including phenoxy) is 1. The van der Waals surface area contributed by atoms with Crippen LogP contribution in [0.15, 0.2) is 35.3 Å². The van der Waals surface area contributed by atoms with Gasteiger partial charge in [-0.15, -0.1) is 0 Å². The minimum Gasteiger partial charge on any atom is -0.445 e. The first kappa shape index (κ1) is 25.3. The second-order valence-corrected chi connectivity index (χ2v) is 9.71. The second-order valence-electron chi connectivity index (χ2n) is 9.71. The van der Waals surface area contributed by atoms with Gasteiger partial charge in [0, 0.05) is 26.1 Å². The lowest BCUT2D eigenvalue weighted by Gasteiger charge is -2.42. The zero-order valence-electron chi connectivity index (χ0n) is 20.4. The first-order valence-electron chi connectivity index (χ1n) is 12.7. The third kappa shape index (κ3) is 7.10. The van der Waals surface area contributed by atoms with Crippen molar-refractivity contribution < 1.29 is 14.6 Å². The maximum Gasteiger partial charge on any atom is 0.410 e. The lowest BCUT2D eigenvalue weighted by atomic mass is 9.83. The molecule has 2 heterocycles. The number of guanidine groups is 1. The van der Waals surface area contributed by atoms with Crippen molar-refractivity contribution in [2.45, 2.75) is 90.0 Å². The molecule has 7 nitrogen and oxygen atoms in total. The predicted molar refractivity (Wildman–Crippen MR) is 132 cm³/mol. The number of carbonyl (C=O) groups is 1. The Bertz CT molecular complexity index is 762. The van der Waals surface area contributed by atoms with Crippen LogP contribution >= 0.6 is 0 Å². The maximum absolute atomic E-state index is 12.4. The van der Waals surface area contributed by atoms with E-state index in [9.17, 15) is 9.90 Å². The molecule has 0 bridgehead atoms. The summed E-state index contributed by atoms with van der Waals surface area (Å²) in [5, 5.41) is 10.9. The Hall–Kier alpha value is -2.28. The van der Waals surface area contributed by atoms with Crippen molar-refractivity contribution in [2.75, 3.05) is 19.6 Å². The van der Waals surface area contributed by atoms with Crippen LogP contribution in [0.4, 0.5) is 4.79 Å². The van der Waals surface area contributed by atoms with Gasteiger partial charge in [-0.25, -0.2) is 9.79 Å². The van der Waals surface area contributed by atoms with Gasteiger partial charge in [0.25, 0.3) is 0 Å². The average molecular weight is 459 g/mol. The zero-order chi connectivity index (χ0) is 23.7. The topological polar surface area (TPSA) is 91.4 Å². The van der Waals surface area contributed by atoms with E-state index in [-0.39, 0.29) is 11.6 Å². The fourth-order valence-corrected chi connectivity index (χ4v) is 5.04. The molecule has 3 rings (SSSR count). The van der Waals surface area contributed by atoms with Gasteiger partial charge in [0.15, 0.2) is 5.96 Å². The van der Waals surface area contributed by atoms with Gasteiger partial charge >= 0.3 is 6.09 Å². The van der Waals surface area contributed by atoms with Gasteiger partial charge in [-0.1, -0.05) is 69.9 Å². The van der Waals surface area contributed by atoms with E-state index in [0.29, 0.717) is 44.5 Å². The highest BCUT2D eigenvalue weighted by molar-refractivity contribution is 5.79. The molecule has 1 amide bonds. The number of aliphatic hydroxyl groups excluding tert-OH is 1. The molecule has 1 aromatic rings. The molecular weight excluding hydrogens is 416 g/mol. The minimum atomic E-state index is -0.593. The Kier molecular flexibility index (Phi) is 9.41. The summed E-state index contributed by atoms with van der Waals surface area (Å²) in [5.41, 5.74) is 7.14. The van der Waals surface area contributed by atoms with Gasteiger partial charge in [0.1, 0.15) is 12.8 Å². The van der Waals surface area contributed by atoms with Crippen LogP contribution in [0.25, 0.3) is 0 Å². The summed E-state index contributed by atoms with van der Waals surface area (Å²) in [6.45, 7) is 6.73. The number of amides is 1. The van der Waals surface area contributed by atoms with E-state index in [1.54, 1.807) is 4.90 Å². The third-order valence-corrected chi connectivity index (χ3v) is 7.09. The molecule has 7 heteroatoms. The molecule has 2 atom stereocenters. The second kappa shape index (κ2) is 12.3. The Balaban J connectivity index is 1.48. The number of aliphatic imine (C=N–C) groups is 1. The number of hydrogen-bond donors (Lipinski definition) is 2. The normalized spacial score (nSPS) is 22.3. The number of hydrogen-bond acceptors (Lipinski definition) is 6. The van der Waals surface area contributed by atoms with E-state index < -0.39 is 6.23 Å². The smallest absolute Gasteiger partial charge is 0.410 e. The molecule has 0 aliphatic carbocycles. The fourth-order valence-electron chi connectivity index (χ4n) is 5.04. The van der Waals surface area contributed by atoms with Crippen molar-refractivity contribution in [1.82, 2.24) is 9.80 Å². The Morgan fingerprint density at radius 2 is 1.91 bits per heavy atom. The van der Waals surface area contributed by atoms with E-state index in [1.165, 1.54) is 0 Å².